The van der Waals surface area contributed by atoms with Crippen LogP contribution in [0.4, 0.5) is 0 Å². The summed E-state index contributed by atoms with van der Waals surface area (Å²) in [5, 5.41) is 0. The minimum Gasteiger partial charge on any atom is -0.0833 e. The highest BCUT2D eigenvalue weighted by Gasteiger charge is 2.71. The number of hydrogen-bond donors (Lipinski definition) is 0. The fourth-order valence-electron chi connectivity index (χ4n) is 2.81. The van der Waals surface area contributed by atoms with Gasteiger partial charge in [-0.25, -0.2) is 0 Å². The van der Waals surface area contributed by atoms with E-state index in [1.807, 2.05) is 0 Å². The molecule has 0 N–H and O–H groups in total. The monoisotopic (exact) mass is 133 g/mol. The second-order valence-electron chi connectivity index (χ2n) is 4.21. The first kappa shape index (κ1) is 4.38. The molecule has 1 fully saturated rings. The Bertz CT molecular complexity index is 302. The molecule has 0 spiro atoms. The molecule has 0 aromatic heterocycles. The number of hydrogen-bond acceptors (Lipinski definition) is 0. The first-order chi connectivity index (χ1) is 5.11. The lowest BCUT2D eigenvalue weighted by atomic mass is 9.79. The predicted molar refractivity (Wildman–Crippen MR) is 41.5 cm³/mol. The smallest absolute Gasteiger partial charge is 0.0582 e. The van der Waals surface area contributed by atoms with Gasteiger partial charge in [-0.1, -0.05) is 38.1 Å². The van der Waals surface area contributed by atoms with Gasteiger partial charge in [-0.15, -0.1) is 0 Å². The second-order valence-corrected chi connectivity index (χ2v) is 4.21. The summed E-state index contributed by atoms with van der Waals surface area (Å²) >= 11 is 0. The van der Waals surface area contributed by atoms with Crippen LogP contribution in [0, 0.1) is 22.7 Å². The molecule has 0 saturated heterocycles. The van der Waals surface area contributed by atoms with Crippen molar-refractivity contribution in [3.63, 3.8) is 0 Å². The lowest BCUT2D eigenvalue weighted by Crippen LogP contribution is -2.18. The molecule has 0 amide bonds. The molecule has 0 aromatic rings. The molecule has 1 saturated carbocycles. The molecule has 4 atom stereocenters. The zero-order valence-corrected chi connectivity index (χ0v) is 6.39. The predicted octanol–water partition coefficient (Wildman–Crippen LogP) is 2.38. The van der Waals surface area contributed by atoms with Crippen LogP contribution in [0.15, 0.2) is 24.3 Å². The van der Waals surface area contributed by atoms with Crippen molar-refractivity contribution < 1.29 is 1.37 Å². The molecule has 0 aliphatic heterocycles. The van der Waals surface area contributed by atoms with Crippen LogP contribution in [0.5, 0.6) is 0 Å². The first-order valence-corrected chi connectivity index (χ1v) is 3.99. The number of rotatable bonds is 0. The van der Waals surface area contributed by atoms with Crippen LogP contribution in [0.3, 0.4) is 0 Å². The van der Waals surface area contributed by atoms with Gasteiger partial charge in [0.05, 0.1) is 1.37 Å². The quantitative estimate of drug-likeness (QED) is 0.445. The van der Waals surface area contributed by atoms with Gasteiger partial charge in [0.25, 0.3) is 0 Å². The lowest BCUT2D eigenvalue weighted by molar-refractivity contribution is 0.333. The summed E-state index contributed by atoms with van der Waals surface area (Å²) in [7, 11) is 0. The van der Waals surface area contributed by atoms with Crippen LogP contribution in [-0.4, -0.2) is 0 Å². The summed E-state index contributed by atoms with van der Waals surface area (Å²) < 4.78 is 7.81. The van der Waals surface area contributed by atoms with Crippen molar-refractivity contribution in [3.8, 4) is 0 Å². The van der Waals surface area contributed by atoms with Crippen LogP contribution in [-0.2, 0) is 0 Å². The Balaban J connectivity index is 2.26. The Labute approximate surface area is 63.0 Å². The Morgan fingerprint density at radius 1 is 1.30 bits per heavy atom. The van der Waals surface area contributed by atoms with Crippen LogP contribution >= 0.6 is 0 Å². The average Bonchev–Trinajstić information content (AvgIpc) is 2.39. The van der Waals surface area contributed by atoms with Gasteiger partial charge in [0.1, 0.15) is 0 Å². The van der Waals surface area contributed by atoms with Gasteiger partial charge in [-0.2, -0.15) is 0 Å². The topological polar surface area (TPSA) is 0 Å². The van der Waals surface area contributed by atoms with Gasteiger partial charge in [0.2, 0.25) is 0 Å². The standard InChI is InChI=1S/C10H12/c1-9-5-3-7-8(4-6-9)10(7,9)2/h3-8H,1-2H3/i5D. The molecule has 0 aromatic carbocycles. The normalized spacial score (nSPS) is 69.4. The van der Waals surface area contributed by atoms with Gasteiger partial charge in [-0.3, -0.25) is 0 Å². The third-order valence-corrected chi connectivity index (χ3v) is 3.98. The minimum absolute atomic E-state index is 0.0856. The van der Waals surface area contributed by atoms with Gasteiger partial charge in [0.15, 0.2) is 0 Å². The van der Waals surface area contributed by atoms with E-state index in [0.717, 1.165) is 12.0 Å². The molecule has 3 aliphatic carbocycles. The van der Waals surface area contributed by atoms with Crippen LogP contribution in [0.2, 0.25) is 0 Å². The van der Waals surface area contributed by atoms with Gasteiger partial charge in [0, 0.05) is 5.41 Å². The van der Waals surface area contributed by atoms with Crippen molar-refractivity contribution in [2.75, 3.05) is 0 Å². The van der Waals surface area contributed by atoms with E-state index in [0.29, 0.717) is 11.3 Å². The van der Waals surface area contributed by atoms with Crippen LogP contribution in [0.1, 0.15) is 15.2 Å². The van der Waals surface area contributed by atoms with Crippen molar-refractivity contribution >= 4 is 0 Å². The Morgan fingerprint density at radius 2 is 2.00 bits per heavy atom. The summed E-state index contributed by atoms with van der Waals surface area (Å²) in [6, 6.07) is 0.843. The van der Waals surface area contributed by atoms with E-state index >= 15 is 0 Å². The summed E-state index contributed by atoms with van der Waals surface area (Å²) in [5.41, 5.74) is 0.492. The maximum absolute atomic E-state index is 7.81. The molecule has 0 heteroatoms. The van der Waals surface area contributed by atoms with Crippen molar-refractivity contribution in [2.24, 2.45) is 22.7 Å². The molecule has 3 aliphatic rings. The summed E-state index contributed by atoms with van der Waals surface area (Å²) in [6.45, 7) is 4.52. The van der Waals surface area contributed by atoms with Crippen molar-refractivity contribution in [3.05, 3.63) is 24.3 Å². The fourth-order valence-corrected chi connectivity index (χ4v) is 2.81. The molecule has 0 radical (unpaired) electrons. The molecule has 0 bridgehead atoms. The molecular formula is C10H12. The third kappa shape index (κ3) is 0.264. The largest absolute Gasteiger partial charge is 0.0833 e. The van der Waals surface area contributed by atoms with Gasteiger partial charge >= 0.3 is 0 Å². The maximum Gasteiger partial charge on any atom is 0.0582 e. The Kier molecular flexibility index (Phi) is 0.450. The van der Waals surface area contributed by atoms with Gasteiger partial charge in [-0.05, 0) is 17.3 Å². The van der Waals surface area contributed by atoms with Gasteiger partial charge < -0.3 is 0 Å². The summed E-state index contributed by atoms with van der Waals surface area (Å²) in [6.07, 6.45) is 6.70. The SMILES string of the molecule is [2H]C1=CC2C3C=CC1(C)C32C. The summed E-state index contributed by atoms with van der Waals surface area (Å²) in [5.74, 6) is 1.46. The first-order valence-electron chi connectivity index (χ1n) is 4.49. The van der Waals surface area contributed by atoms with Crippen LogP contribution < -0.4 is 0 Å². The zero-order valence-electron chi connectivity index (χ0n) is 7.39. The van der Waals surface area contributed by atoms with E-state index < -0.39 is 0 Å². The molecule has 10 heavy (non-hydrogen) atoms. The average molecular weight is 133 g/mol. The van der Waals surface area contributed by atoms with Crippen molar-refractivity contribution in [2.45, 2.75) is 13.8 Å². The Morgan fingerprint density at radius 3 is 2.60 bits per heavy atom. The lowest BCUT2D eigenvalue weighted by Gasteiger charge is -2.24. The highest BCUT2D eigenvalue weighted by molar-refractivity contribution is 5.44. The molecule has 4 unspecified atom stereocenters. The van der Waals surface area contributed by atoms with E-state index in [9.17, 15) is 0 Å². The number of allylic oxidation sites excluding steroid dienone is 4. The fraction of sp³-hybridized carbons (Fsp3) is 0.600. The minimum atomic E-state index is 0.0856. The van der Waals surface area contributed by atoms with Crippen LogP contribution in [0.25, 0.3) is 0 Å². The van der Waals surface area contributed by atoms with E-state index in [2.05, 4.69) is 32.1 Å². The Hall–Kier alpha value is -0.520. The molecule has 0 nitrogen and oxygen atoms in total. The molecular weight excluding hydrogens is 120 g/mol. The van der Waals surface area contributed by atoms with E-state index in [1.165, 1.54) is 0 Å². The van der Waals surface area contributed by atoms with E-state index in [1.54, 1.807) is 0 Å². The molecule has 52 valence electrons. The van der Waals surface area contributed by atoms with Crippen molar-refractivity contribution in [1.82, 2.24) is 0 Å². The second kappa shape index (κ2) is 1.03. The molecule has 0 heterocycles. The number of fused-ring (bicyclic) bond motifs is 1. The highest BCUT2D eigenvalue weighted by atomic mass is 14.7. The van der Waals surface area contributed by atoms with E-state index in [4.69, 9.17) is 1.37 Å². The highest BCUT2D eigenvalue weighted by Crippen LogP contribution is 2.76. The third-order valence-electron chi connectivity index (χ3n) is 3.98. The summed E-state index contributed by atoms with van der Waals surface area (Å²) in [4.78, 5) is 0. The van der Waals surface area contributed by atoms with Crippen molar-refractivity contribution in [1.29, 1.82) is 0 Å². The van der Waals surface area contributed by atoms with E-state index in [-0.39, 0.29) is 5.41 Å². The maximum atomic E-state index is 7.81. The zero-order chi connectivity index (χ0) is 7.85. The molecule has 3 rings (SSSR count).